The van der Waals surface area contributed by atoms with Crippen LogP contribution in [0.4, 0.5) is 0 Å². The van der Waals surface area contributed by atoms with Crippen LogP contribution in [0, 0.1) is 0 Å². The maximum Gasteiger partial charge on any atom is 0.0932 e. The van der Waals surface area contributed by atoms with Crippen molar-refractivity contribution in [2.45, 2.75) is 25.4 Å². The van der Waals surface area contributed by atoms with Crippen LogP contribution in [-0.2, 0) is 9.47 Å². The minimum Gasteiger partial charge on any atom is -0.382 e. The summed E-state index contributed by atoms with van der Waals surface area (Å²) in [5, 5.41) is 3.12. The number of methoxy groups -OCH3 is 1. The number of hydrogen-bond donors (Lipinski definition) is 1. The van der Waals surface area contributed by atoms with Crippen LogP contribution in [0.25, 0.3) is 0 Å². The first-order chi connectivity index (χ1) is 7.86. The zero-order valence-electron chi connectivity index (χ0n) is 10.7. The van der Waals surface area contributed by atoms with Crippen molar-refractivity contribution in [1.29, 1.82) is 0 Å². The number of hydrogen-bond acceptors (Lipinski definition) is 4. The molecule has 4 heteroatoms. The van der Waals surface area contributed by atoms with Gasteiger partial charge in [0.15, 0.2) is 0 Å². The number of ether oxygens (including phenoxy) is 2. The van der Waals surface area contributed by atoms with Crippen LogP contribution in [0.15, 0.2) is 0 Å². The molecule has 1 atom stereocenters. The van der Waals surface area contributed by atoms with E-state index in [0.717, 1.165) is 19.7 Å². The fourth-order valence-corrected chi connectivity index (χ4v) is 2.11. The Kier molecular flexibility index (Phi) is 7.76. The largest absolute Gasteiger partial charge is 0.382 e. The van der Waals surface area contributed by atoms with Gasteiger partial charge in [-0.2, -0.15) is 0 Å². The highest BCUT2D eigenvalue weighted by Gasteiger charge is 2.11. The van der Waals surface area contributed by atoms with Crippen LogP contribution in [0.5, 0.6) is 0 Å². The zero-order chi connectivity index (χ0) is 11.6. The Bertz CT molecular complexity index is 155. The molecule has 1 N–H and O–H groups in total. The molecule has 0 aromatic rings. The molecular weight excluding hydrogens is 204 g/mol. The lowest BCUT2D eigenvalue weighted by atomic mass is 10.1. The summed E-state index contributed by atoms with van der Waals surface area (Å²) in [5.74, 6) is 0. The summed E-state index contributed by atoms with van der Waals surface area (Å²) >= 11 is 0. The van der Waals surface area contributed by atoms with E-state index in [1.807, 2.05) is 7.05 Å². The van der Waals surface area contributed by atoms with Crippen molar-refractivity contribution in [3.8, 4) is 0 Å². The quantitative estimate of drug-likeness (QED) is 0.666. The Morgan fingerprint density at radius 2 is 2.00 bits per heavy atom. The maximum atomic E-state index is 5.80. The van der Waals surface area contributed by atoms with E-state index in [-0.39, 0.29) is 6.10 Å². The summed E-state index contributed by atoms with van der Waals surface area (Å²) in [6.45, 7) is 5.88. The highest BCUT2D eigenvalue weighted by atomic mass is 16.5. The van der Waals surface area contributed by atoms with E-state index in [9.17, 15) is 0 Å². The van der Waals surface area contributed by atoms with Crippen molar-refractivity contribution in [2.75, 3.05) is 53.6 Å². The van der Waals surface area contributed by atoms with Crippen LogP contribution in [-0.4, -0.2) is 64.6 Å². The summed E-state index contributed by atoms with van der Waals surface area (Å²) < 4.78 is 10.9. The van der Waals surface area contributed by atoms with E-state index in [1.165, 1.54) is 32.4 Å². The highest BCUT2D eigenvalue weighted by Crippen LogP contribution is 2.07. The molecule has 1 aliphatic rings. The molecule has 0 saturated carbocycles. The molecule has 0 aromatic carbocycles. The van der Waals surface area contributed by atoms with E-state index in [1.54, 1.807) is 7.11 Å². The molecule has 1 saturated heterocycles. The second kappa shape index (κ2) is 8.93. The molecule has 0 aliphatic carbocycles. The number of nitrogens with one attached hydrogen (secondary N) is 1. The monoisotopic (exact) mass is 230 g/mol. The van der Waals surface area contributed by atoms with Crippen LogP contribution in [0.2, 0.25) is 0 Å². The third kappa shape index (κ3) is 5.80. The molecule has 1 rings (SSSR count). The summed E-state index contributed by atoms with van der Waals surface area (Å²) in [6, 6.07) is 0. The Labute approximate surface area is 99.3 Å². The third-order valence-electron chi connectivity index (χ3n) is 2.99. The minimum atomic E-state index is 0.180. The summed E-state index contributed by atoms with van der Waals surface area (Å²) in [4.78, 5) is 2.49. The fraction of sp³-hybridized carbons (Fsp3) is 1.00. The molecule has 1 fully saturated rings. The number of likely N-dealkylation sites (N-methyl/N-ethyl adjacent to an activating group) is 1. The van der Waals surface area contributed by atoms with Gasteiger partial charge in [0.2, 0.25) is 0 Å². The number of piperidine rings is 1. The average molecular weight is 230 g/mol. The average Bonchev–Trinajstić information content (AvgIpc) is 2.31. The van der Waals surface area contributed by atoms with Crippen molar-refractivity contribution >= 4 is 0 Å². The summed E-state index contributed by atoms with van der Waals surface area (Å²) in [7, 11) is 3.66. The Balaban J connectivity index is 2.06. The van der Waals surface area contributed by atoms with Gasteiger partial charge in [0.25, 0.3) is 0 Å². The molecule has 96 valence electrons. The van der Waals surface area contributed by atoms with E-state index in [4.69, 9.17) is 9.47 Å². The number of rotatable bonds is 8. The second-order valence-electron chi connectivity index (χ2n) is 4.41. The predicted molar refractivity (Wildman–Crippen MR) is 65.8 cm³/mol. The van der Waals surface area contributed by atoms with Crippen molar-refractivity contribution < 1.29 is 9.47 Å². The number of nitrogens with zero attached hydrogens (tertiary/aromatic N) is 1. The van der Waals surface area contributed by atoms with Gasteiger partial charge in [-0.15, -0.1) is 0 Å². The third-order valence-corrected chi connectivity index (χ3v) is 2.99. The van der Waals surface area contributed by atoms with E-state index < -0.39 is 0 Å². The summed E-state index contributed by atoms with van der Waals surface area (Å²) in [6.07, 6.45) is 4.26. The van der Waals surface area contributed by atoms with E-state index in [2.05, 4.69) is 10.2 Å². The molecule has 0 aromatic heterocycles. The molecule has 0 spiro atoms. The van der Waals surface area contributed by atoms with Gasteiger partial charge < -0.3 is 19.7 Å². The molecule has 0 radical (unpaired) electrons. The molecule has 0 bridgehead atoms. The van der Waals surface area contributed by atoms with Crippen LogP contribution < -0.4 is 5.32 Å². The van der Waals surface area contributed by atoms with Crippen LogP contribution in [0.1, 0.15) is 19.3 Å². The van der Waals surface area contributed by atoms with Crippen LogP contribution >= 0.6 is 0 Å². The smallest absolute Gasteiger partial charge is 0.0932 e. The first-order valence-electron chi connectivity index (χ1n) is 6.34. The molecule has 0 amide bonds. The SMILES string of the molecule is CNCC(COC)OCCN1CCCCC1. The van der Waals surface area contributed by atoms with Gasteiger partial charge in [-0.25, -0.2) is 0 Å². The number of likely N-dealkylation sites (tertiary alicyclic amines) is 1. The molecule has 1 aliphatic heterocycles. The predicted octanol–water partition coefficient (Wildman–Crippen LogP) is 0.723. The van der Waals surface area contributed by atoms with Gasteiger partial charge in [0.05, 0.1) is 19.3 Å². The van der Waals surface area contributed by atoms with Gasteiger partial charge in [-0.05, 0) is 33.0 Å². The van der Waals surface area contributed by atoms with E-state index in [0.29, 0.717) is 6.61 Å². The molecular formula is C12H26N2O2. The van der Waals surface area contributed by atoms with Gasteiger partial charge >= 0.3 is 0 Å². The van der Waals surface area contributed by atoms with E-state index >= 15 is 0 Å². The van der Waals surface area contributed by atoms with Crippen molar-refractivity contribution in [2.24, 2.45) is 0 Å². The molecule has 16 heavy (non-hydrogen) atoms. The minimum absolute atomic E-state index is 0.180. The van der Waals surface area contributed by atoms with Crippen molar-refractivity contribution in [3.05, 3.63) is 0 Å². The Morgan fingerprint density at radius 3 is 2.62 bits per heavy atom. The summed E-state index contributed by atoms with van der Waals surface area (Å²) in [5.41, 5.74) is 0. The lowest BCUT2D eigenvalue weighted by molar-refractivity contribution is -0.00941. The standard InChI is InChI=1S/C12H26N2O2/c1-13-10-12(11-15-2)16-9-8-14-6-4-3-5-7-14/h12-13H,3-11H2,1-2H3. The molecule has 4 nitrogen and oxygen atoms in total. The first-order valence-corrected chi connectivity index (χ1v) is 6.34. The van der Waals surface area contributed by atoms with Gasteiger partial charge in [0.1, 0.15) is 0 Å². The highest BCUT2D eigenvalue weighted by molar-refractivity contribution is 4.65. The van der Waals surface area contributed by atoms with Gasteiger partial charge in [0, 0.05) is 20.2 Å². The lowest BCUT2D eigenvalue weighted by Crippen LogP contribution is -2.36. The first kappa shape index (κ1) is 13.9. The lowest BCUT2D eigenvalue weighted by Gasteiger charge is -2.27. The topological polar surface area (TPSA) is 33.7 Å². The molecule has 1 heterocycles. The molecule has 1 unspecified atom stereocenters. The Morgan fingerprint density at radius 1 is 1.25 bits per heavy atom. The second-order valence-corrected chi connectivity index (χ2v) is 4.41. The van der Waals surface area contributed by atoms with Crippen LogP contribution in [0.3, 0.4) is 0 Å². The fourth-order valence-electron chi connectivity index (χ4n) is 2.11. The van der Waals surface area contributed by atoms with Gasteiger partial charge in [-0.3, -0.25) is 0 Å². The zero-order valence-corrected chi connectivity index (χ0v) is 10.7. The normalized spacial score (nSPS) is 19.9. The van der Waals surface area contributed by atoms with Gasteiger partial charge in [-0.1, -0.05) is 6.42 Å². The Hall–Kier alpha value is -0.160. The van der Waals surface area contributed by atoms with Crippen molar-refractivity contribution in [3.63, 3.8) is 0 Å². The van der Waals surface area contributed by atoms with Crippen molar-refractivity contribution in [1.82, 2.24) is 10.2 Å². The maximum absolute atomic E-state index is 5.80.